The van der Waals surface area contributed by atoms with Gasteiger partial charge < -0.3 is 14.6 Å². The van der Waals surface area contributed by atoms with Gasteiger partial charge in [-0.1, -0.05) is 25.1 Å². The highest BCUT2D eigenvalue weighted by Crippen LogP contribution is 2.24. The Morgan fingerprint density at radius 3 is 2.43 bits per heavy atom. The molecule has 3 aromatic carbocycles. The third-order valence-corrected chi connectivity index (χ3v) is 7.56. The summed E-state index contributed by atoms with van der Waals surface area (Å²) in [5.74, 6) is 0.160. The van der Waals surface area contributed by atoms with Crippen LogP contribution in [0.5, 0.6) is 5.75 Å². The van der Waals surface area contributed by atoms with E-state index in [1.165, 1.54) is 42.1 Å². The summed E-state index contributed by atoms with van der Waals surface area (Å²) in [5.41, 5.74) is 2.42. The van der Waals surface area contributed by atoms with E-state index in [1.807, 2.05) is 38.1 Å². The average Bonchev–Trinajstić information content (AvgIpc) is 2.85. The molecule has 1 N–H and O–H groups in total. The molecule has 35 heavy (non-hydrogen) atoms. The molecule has 0 spiro atoms. The zero-order valence-electron chi connectivity index (χ0n) is 19.7. The van der Waals surface area contributed by atoms with E-state index in [0.717, 1.165) is 11.1 Å². The summed E-state index contributed by atoms with van der Waals surface area (Å²) < 4.78 is 33.5. The summed E-state index contributed by atoms with van der Waals surface area (Å²) in [4.78, 5) is 25.8. The molecule has 1 heterocycles. The van der Waals surface area contributed by atoms with Crippen LogP contribution in [0.2, 0.25) is 0 Å². The minimum absolute atomic E-state index is 0.0304. The molecule has 8 heteroatoms. The van der Waals surface area contributed by atoms with Crippen molar-refractivity contribution in [3.05, 3.63) is 94.3 Å². The average molecular weight is 491 g/mol. The number of amides is 1. The molecule has 180 valence electrons. The molecule has 0 radical (unpaired) electrons. The zero-order chi connectivity index (χ0) is 25.2. The fourth-order valence-electron chi connectivity index (χ4n) is 3.92. The number of fused-ring (bicyclic) bond motifs is 1. The van der Waals surface area contributed by atoms with E-state index in [0.29, 0.717) is 23.4 Å². The maximum Gasteiger partial charge on any atom is 0.244 e. The normalized spacial score (nSPS) is 11.4. The van der Waals surface area contributed by atoms with Crippen molar-refractivity contribution in [1.29, 1.82) is 0 Å². The van der Waals surface area contributed by atoms with E-state index in [1.54, 1.807) is 18.2 Å². The summed E-state index contributed by atoms with van der Waals surface area (Å²) in [7, 11) is -2.66. The van der Waals surface area contributed by atoms with Crippen LogP contribution in [-0.2, 0) is 27.6 Å². The summed E-state index contributed by atoms with van der Waals surface area (Å²) in [6.45, 7) is 3.71. The Hall–Kier alpha value is -3.91. The Morgan fingerprint density at radius 1 is 1.03 bits per heavy atom. The molecule has 4 aromatic rings. The number of pyridine rings is 1. The molecule has 1 aromatic heterocycles. The molecule has 0 unspecified atom stereocenters. The minimum atomic E-state index is -4.15. The van der Waals surface area contributed by atoms with Crippen LogP contribution >= 0.6 is 0 Å². The van der Waals surface area contributed by atoms with Crippen molar-refractivity contribution in [3.8, 4) is 5.75 Å². The molecule has 7 nitrogen and oxygen atoms in total. The van der Waals surface area contributed by atoms with Crippen molar-refractivity contribution in [1.82, 2.24) is 4.57 Å². The van der Waals surface area contributed by atoms with Crippen molar-refractivity contribution in [3.63, 3.8) is 0 Å². The van der Waals surface area contributed by atoms with Gasteiger partial charge in [-0.2, -0.15) is 0 Å². The number of anilines is 1. The number of benzene rings is 3. The quantitative estimate of drug-likeness (QED) is 0.416. The Morgan fingerprint density at radius 2 is 1.77 bits per heavy atom. The van der Waals surface area contributed by atoms with Gasteiger partial charge in [-0.15, -0.1) is 0 Å². The van der Waals surface area contributed by atoms with Crippen molar-refractivity contribution in [2.45, 2.75) is 36.6 Å². The van der Waals surface area contributed by atoms with E-state index < -0.39 is 15.3 Å². The lowest BCUT2D eigenvalue weighted by Crippen LogP contribution is -2.24. The Kier molecular flexibility index (Phi) is 6.75. The van der Waals surface area contributed by atoms with Crippen molar-refractivity contribution in [2.75, 3.05) is 12.4 Å². The first-order valence-electron chi connectivity index (χ1n) is 11.1. The number of carbonyl (C=O) groups excluding carboxylic acids is 1. The molecule has 0 atom stereocenters. The predicted molar refractivity (Wildman–Crippen MR) is 136 cm³/mol. The Balaban J connectivity index is 1.83. The van der Waals surface area contributed by atoms with E-state index in [2.05, 4.69) is 5.32 Å². The first-order valence-corrected chi connectivity index (χ1v) is 12.6. The van der Waals surface area contributed by atoms with Gasteiger partial charge in [0.15, 0.2) is 0 Å². The van der Waals surface area contributed by atoms with Gasteiger partial charge in [0, 0.05) is 17.3 Å². The van der Waals surface area contributed by atoms with E-state index in [9.17, 15) is 18.0 Å². The summed E-state index contributed by atoms with van der Waals surface area (Å²) in [5, 5.41) is 3.09. The maximum atomic E-state index is 13.5. The lowest BCUT2D eigenvalue weighted by atomic mass is 10.1. The first kappa shape index (κ1) is 24.2. The van der Waals surface area contributed by atoms with Crippen LogP contribution in [-0.4, -0.2) is 26.0 Å². The second kappa shape index (κ2) is 9.76. The summed E-state index contributed by atoms with van der Waals surface area (Å²) >= 11 is 0. The molecule has 0 fully saturated rings. The third-order valence-electron chi connectivity index (χ3n) is 5.80. The number of sulfone groups is 1. The van der Waals surface area contributed by atoms with Crippen molar-refractivity contribution >= 4 is 32.3 Å². The summed E-state index contributed by atoms with van der Waals surface area (Å²) in [6.07, 6.45) is 1.93. The van der Waals surface area contributed by atoms with E-state index in [-0.39, 0.29) is 27.6 Å². The number of methoxy groups -OCH3 is 1. The number of hydrogen-bond donors (Lipinski definition) is 1. The number of hydrogen-bond acceptors (Lipinski definition) is 5. The largest absolute Gasteiger partial charge is 0.497 e. The Bertz CT molecular complexity index is 1570. The van der Waals surface area contributed by atoms with E-state index >= 15 is 0 Å². The fourth-order valence-corrected chi connectivity index (χ4v) is 5.29. The maximum absolute atomic E-state index is 13.5. The van der Waals surface area contributed by atoms with Gasteiger partial charge >= 0.3 is 0 Å². The standard InChI is InChI=1S/C27H26N2O5S/c1-4-19-8-13-24-23(15-19)27(31)25(35(32,33)22-11-9-21(34-3)10-12-22)16-29(24)17-26(30)28-20-7-5-6-18(2)14-20/h5-16H,4,17H2,1-3H3,(H,28,30). The molecular weight excluding hydrogens is 464 g/mol. The van der Waals surface area contributed by atoms with Crippen LogP contribution in [0.15, 0.2) is 87.5 Å². The molecule has 0 aliphatic carbocycles. The fraction of sp³-hybridized carbons (Fsp3) is 0.185. The SMILES string of the molecule is CCc1ccc2c(c1)c(=O)c(S(=O)(=O)c1ccc(OC)cc1)cn2CC(=O)Nc1cccc(C)c1. The molecule has 0 aliphatic heterocycles. The van der Waals surface area contributed by atoms with Crippen molar-refractivity contribution < 1.29 is 17.9 Å². The van der Waals surface area contributed by atoms with Crippen LogP contribution in [0.25, 0.3) is 10.9 Å². The molecule has 0 saturated heterocycles. The lowest BCUT2D eigenvalue weighted by molar-refractivity contribution is -0.116. The third kappa shape index (κ3) is 4.97. The van der Waals surface area contributed by atoms with Gasteiger partial charge in [0.2, 0.25) is 21.2 Å². The van der Waals surface area contributed by atoms with Crippen LogP contribution in [0.4, 0.5) is 5.69 Å². The number of aromatic nitrogens is 1. The van der Waals surface area contributed by atoms with Crippen LogP contribution < -0.4 is 15.5 Å². The number of nitrogens with zero attached hydrogens (tertiary/aromatic N) is 1. The molecular formula is C27H26N2O5S. The van der Waals surface area contributed by atoms with Crippen LogP contribution in [0.3, 0.4) is 0 Å². The molecule has 4 rings (SSSR count). The smallest absolute Gasteiger partial charge is 0.244 e. The van der Waals surface area contributed by atoms with Gasteiger partial charge in [-0.3, -0.25) is 9.59 Å². The summed E-state index contributed by atoms with van der Waals surface area (Å²) in [6, 6.07) is 18.5. The Labute approximate surface area is 203 Å². The second-order valence-corrected chi connectivity index (χ2v) is 10.2. The number of aryl methyl sites for hydroxylation is 2. The minimum Gasteiger partial charge on any atom is -0.497 e. The number of nitrogens with one attached hydrogen (secondary N) is 1. The van der Waals surface area contributed by atoms with Gasteiger partial charge in [0.25, 0.3) is 0 Å². The van der Waals surface area contributed by atoms with Gasteiger partial charge in [0.05, 0.1) is 17.5 Å². The van der Waals surface area contributed by atoms with Crippen LogP contribution in [0.1, 0.15) is 18.1 Å². The zero-order valence-corrected chi connectivity index (χ0v) is 20.6. The van der Waals surface area contributed by atoms with E-state index in [4.69, 9.17) is 4.74 Å². The second-order valence-electron chi connectivity index (χ2n) is 8.25. The molecule has 0 saturated carbocycles. The number of rotatable bonds is 7. The van der Waals surface area contributed by atoms with Gasteiger partial charge in [-0.25, -0.2) is 8.42 Å². The molecule has 0 bridgehead atoms. The number of ether oxygens (including phenoxy) is 1. The first-order chi connectivity index (χ1) is 16.7. The lowest BCUT2D eigenvalue weighted by Gasteiger charge is -2.15. The molecule has 1 amide bonds. The van der Waals surface area contributed by atoms with Gasteiger partial charge in [-0.05, 0) is 73.0 Å². The molecule has 0 aliphatic rings. The van der Waals surface area contributed by atoms with Crippen LogP contribution in [0, 0.1) is 6.92 Å². The topological polar surface area (TPSA) is 94.5 Å². The predicted octanol–water partition coefficient (Wildman–Crippen LogP) is 4.35. The highest BCUT2D eigenvalue weighted by molar-refractivity contribution is 7.91. The van der Waals surface area contributed by atoms with Gasteiger partial charge in [0.1, 0.15) is 17.2 Å². The highest BCUT2D eigenvalue weighted by Gasteiger charge is 2.24. The number of carbonyl (C=O) groups is 1. The highest BCUT2D eigenvalue weighted by atomic mass is 32.2. The van der Waals surface area contributed by atoms with Crippen molar-refractivity contribution in [2.24, 2.45) is 0 Å². The monoisotopic (exact) mass is 490 g/mol.